The molecular weight excluding hydrogens is 428 g/mol. The Morgan fingerprint density at radius 2 is 1.67 bits per heavy atom. The maximum Gasteiger partial charge on any atom is 0.306 e. The molecule has 4 aromatic rings. The highest BCUT2D eigenvalue weighted by Crippen LogP contribution is 2.49. The number of phenols is 4. The zero-order chi connectivity index (χ0) is 23.7. The van der Waals surface area contributed by atoms with Gasteiger partial charge in [0.25, 0.3) is 0 Å². The number of hydrogen-bond acceptors (Lipinski definition) is 8. The third-order valence-electron chi connectivity index (χ3n) is 5.41. The van der Waals surface area contributed by atoms with Crippen molar-refractivity contribution in [3.8, 4) is 34.3 Å². The highest BCUT2D eigenvalue weighted by atomic mass is 16.5. The summed E-state index contributed by atoms with van der Waals surface area (Å²) in [6.07, 6.45) is -0.313. The minimum Gasteiger partial charge on any atom is -0.508 e. The molecule has 33 heavy (non-hydrogen) atoms. The summed E-state index contributed by atoms with van der Waals surface area (Å²) in [7, 11) is 1.20. The van der Waals surface area contributed by atoms with Gasteiger partial charge in [0.15, 0.2) is 16.9 Å². The highest BCUT2D eigenvalue weighted by Gasteiger charge is 2.31. The van der Waals surface area contributed by atoms with E-state index in [9.17, 15) is 30.0 Å². The second kappa shape index (κ2) is 8.58. The lowest BCUT2D eigenvalue weighted by atomic mass is 9.86. The molecule has 0 amide bonds. The van der Waals surface area contributed by atoms with Crippen molar-refractivity contribution in [2.45, 2.75) is 12.3 Å². The summed E-state index contributed by atoms with van der Waals surface area (Å²) in [5.41, 5.74) is -0.0132. The van der Waals surface area contributed by atoms with Crippen LogP contribution in [-0.2, 0) is 9.53 Å². The largest absolute Gasteiger partial charge is 0.508 e. The molecular formula is C25H20O8. The van der Waals surface area contributed by atoms with E-state index in [0.717, 1.165) is 0 Å². The van der Waals surface area contributed by atoms with Crippen LogP contribution in [0.1, 0.15) is 23.5 Å². The van der Waals surface area contributed by atoms with Gasteiger partial charge in [-0.1, -0.05) is 42.5 Å². The van der Waals surface area contributed by atoms with E-state index in [4.69, 9.17) is 9.15 Å². The molecule has 0 radical (unpaired) electrons. The maximum absolute atomic E-state index is 13.0. The van der Waals surface area contributed by atoms with Crippen molar-refractivity contribution in [3.05, 3.63) is 82.0 Å². The van der Waals surface area contributed by atoms with Crippen molar-refractivity contribution in [1.82, 2.24) is 0 Å². The topological polar surface area (TPSA) is 137 Å². The number of esters is 1. The van der Waals surface area contributed by atoms with Gasteiger partial charge in [0.1, 0.15) is 22.5 Å². The molecule has 0 spiro atoms. The fraction of sp³-hybridized carbons (Fsp3) is 0.120. The second-order valence-electron chi connectivity index (χ2n) is 7.43. The molecule has 4 rings (SSSR count). The number of phenolic OH excluding ortho intramolecular Hbond substituents is 4. The first-order valence-corrected chi connectivity index (χ1v) is 9.97. The Bertz CT molecular complexity index is 1410. The Kier molecular flexibility index (Phi) is 5.66. The molecule has 1 atom stereocenters. The van der Waals surface area contributed by atoms with Crippen molar-refractivity contribution in [1.29, 1.82) is 0 Å². The van der Waals surface area contributed by atoms with Crippen molar-refractivity contribution in [3.63, 3.8) is 0 Å². The number of carbonyl (C=O) groups excluding carboxylic acids is 1. The van der Waals surface area contributed by atoms with E-state index in [-0.39, 0.29) is 34.5 Å². The standard InChI is InChI=1S/C25H20O8/c1-32-19(28)11-16(14-8-5-9-15(26)10-14)20-22(29)24(31)23(30)21-17(27)12-18(33-25(20)21)13-6-3-2-4-7-13/h2-10,12,16,26,29-31H,11H2,1H3/t16-/m0/s1. The van der Waals surface area contributed by atoms with Gasteiger partial charge in [-0.3, -0.25) is 9.59 Å². The number of hydrogen-bond donors (Lipinski definition) is 4. The first-order valence-electron chi connectivity index (χ1n) is 9.97. The van der Waals surface area contributed by atoms with Crippen LogP contribution in [0.25, 0.3) is 22.3 Å². The van der Waals surface area contributed by atoms with Crippen LogP contribution in [0.4, 0.5) is 0 Å². The van der Waals surface area contributed by atoms with Crippen molar-refractivity contribution >= 4 is 16.9 Å². The Morgan fingerprint density at radius 1 is 0.939 bits per heavy atom. The minimum atomic E-state index is -0.993. The Morgan fingerprint density at radius 3 is 2.33 bits per heavy atom. The van der Waals surface area contributed by atoms with E-state index in [0.29, 0.717) is 11.1 Å². The van der Waals surface area contributed by atoms with Crippen LogP contribution in [0.3, 0.4) is 0 Å². The van der Waals surface area contributed by atoms with Crippen LogP contribution in [0, 0.1) is 0 Å². The molecule has 0 unspecified atom stereocenters. The molecule has 8 nitrogen and oxygen atoms in total. The number of rotatable bonds is 5. The summed E-state index contributed by atoms with van der Waals surface area (Å²) < 4.78 is 10.8. The number of fused-ring (bicyclic) bond motifs is 1. The van der Waals surface area contributed by atoms with E-state index in [2.05, 4.69) is 0 Å². The van der Waals surface area contributed by atoms with Gasteiger partial charge >= 0.3 is 5.97 Å². The molecule has 1 aromatic heterocycles. The monoisotopic (exact) mass is 448 g/mol. The van der Waals surface area contributed by atoms with Crippen molar-refractivity contribution in [2.24, 2.45) is 0 Å². The quantitative estimate of drug-likeness (QED) is 0.266. The minimum absolute atomic E-state index is 0.0967. The smallest absolute Gasteiger partial charge is 0.306 e. The zero-order valence-corrected chi connectivity index (χ0v) is 17.5. The van der Waals surface area contributed by atoms with Crippen LogP contribution in [0.2, 0.25) is 0 Å². The van der Waals surface area contributed by atoms with Gasteiger partial charge in [0, 0.05) is 23.1 Å². The van der Waals surface area contributed by atoms with E-state index in [1.807, 2.05) is 0 Å². The molecule has 4 N–H and O–H groups in total. The SMILES string of the molecule is COC(=O)C[C@@H](c1cccc(O)c1)c1c(O)c(O)c(O)c2c(=O)cc(-c3ccccc3)oc12. The van der Waals surface area contributed by atoms with Gasteiger partial charge in [0.05, 0.1) is 13.5 Å². The third kappa shape index (κ3) is 3.94. The molecule has 1 heterocycles. The lowest BCUT2D eigenvalue weighted by molar-refractivity contribution is -0.140. The molecule has 0 aliphatic carbocycles. The summed E-state index contributed by atoms with van der Waals surface area (Å²) in [6, 6.07) is 15.8. The van der Waals surface area contributed by atoms with Crippen molar-refractivity contribution < 1.29 is 34.4 Å². The van der Waals surface area contributed by atoms with Crippen LogP contribution in [0.5, 0.6) is 23.0 Å². The highest BCUT2D eigenvalue weighted by molar-refractivity contribution is 5.93. The summed E-state index contributed by atoms with van der Waals surface area (Å²) in [6.45, 7) is 0. The van der Waals surface area contributed by atoms with Gasteiger partial charge in [-0.25, -0.2) is 0 Å². The summed E-state index contributed by atoms with van der Waals surface area (Å²) in [5, 5.41) is 41.3. The second-order valence-corrected chi connectivity index (χ2v) is 7.43. The summed E-state index contributed by atoms with van der Waals surface area (Å²) in [4.78, 5) is 25.2. The predicted octanol–water partition coefficient (Wildman–Crippen LogP) is 3.98. The number of carbonyl (C=O) groups is 1. The van der Waals surface area contributed by atoms with Gasteiger partial charge < -0.3 is 29.6 Å². The third-order valence-corrected chi connectivity index (χ3v) is 5.41. The number of ether oxygens (including phenoxy) is 1. The number of methoxy groups -OCH3 is 1. The average Bonchev–Trinajstić information content (AvgIpc) is 2.82. The molecule has 0 aliphatic rings. The average molecular weight is 448 g/mol. The molecule has 8 heteroatoms. The molecule has 0 bridgehead atoms. The molecule has 0 aliphatic heterocycles. The number of aromatic hydroxyl groups is 4. The lowest BCUT2D eigenvalue weighted by Crippen LogP contribution is -2.12. The Balaban J connectivity index is 2.10. The molecule has 0 saturated heterocycles. The Labute approximate surface area is 187 Å². The predicted molar refractivity (Wildman–Crippen MR) is 119 cm³/mol. The van der Waals surface area contributed by atoms with Gasteiger partial charge in [0.2, 0.25) is 5.75 Å². The normalized spacial score (nSPS) is 11.9. The molecule has 3 aromatic carbocycles. The van der Waals surface area contributed by atoms with Gasteiger partial charge in [-0.05, 0) is 17.7 Å². The molecule has 0 saturated carbocycles. The van der Waals surface area contributed by atoms with E-state index >= 15 is 0 Å². The first-order chi connectivity index (χ1) is 15.8. The fourth-order valence-corrected chi connectivity index (χ4v) is 3.82. The van der Waals surface area contributed by atoms with E-state index in [1.54, 1.807) is 42.5 Å². The van der Waals surface area contributed by atoms with Crippen LogP contribution in [0.15, 0.2) is 69.9 Å². The van der Waals surface area contributed by atoms with Crippen LogP contribution >= 0.6 is 0 Å². The Hall–Kier alpha value is -4.46. The van der Waals surface area contributed by atoms with Gasteiger partial charge in [-0.15, -0.1) is 0 Å². The molecule has 168 valence electrons. The van der Waals surface area contributed by atoms with Gasteiger partial charge in [-0.2, -0.15) is 0 Å². The zero-order valence-electron chi connectivity index (χ0n) is 17.5. The molecule has 0 fully saturated rings. The van der Waals surface area contributed by atoms with E-state index in [1.165, 1.54) is 25.3 Å². The van der Waals surface area contributed by atoms with Crippen LogP contribution in [-0.4, -0.2) is 33.5 Å². The summed E-state index contributed by atoms with van der Waals surface area (Å²) in [5.74, 6) is -4.10. The maximum atomic E-state index is 13.0. The first kappa shape index (κ1) is 21.8. The summed E-state index contributed by atoms with van der Waals surface area (Å²) >= 11 is 0. The fourth-order valence-electron chi connectivity index (χ4n) is 3.82. The lowest BCUT2D eigenvalue weighted by Gasteiger charge is -2.21. The van der Waals surface area contributed by atoms with Crippen LogP contribution < -0.4 is 5.43 Å². The number of benzene rings is 3. The van der Waals surface area contributed by atoms with Crippen molar-refractivity contribution in [2.75, 3.05) is 7.11 Å². The van der Waals surface area contributed by atoms with E-state index < -0.39 is 34.6 Å².